The van der Waals surface area contributed by atoms with Crippen LogP contribution in [-0.4, -0.2) is 31.5 Å². The zero-order valence-electron chi connectivity index (χ0n) is 18.5. The maximum absolute atomic E-state index is 12.8. The Morgan fingerprint density at radius 2 is 1.82 bits per heavy atom. The third-order valence-corrected chi connectivity index (χ3v) is 6.15. The lowest BCUT2D eigenvalue weighted by Crippen LogP contribution is -2.29. The van der Waals surface area contributed by atoms with E-state index in [4.69, 9.17) is 4.74 Å². The summed E-state index contributed by atoms with van der Waals surface area (Å²) >= 11 is 0. The fourth-order valence-corrected chi connectivity index (χ4v) is 4.29. The second-order valence-corrected chi connectivity index (χ2v) is 9.19. The first-order valence-corrected chi connectivity index (χ1v) is 11.0. The summed E-state index contributed by atoms with van der Waals surface area (Å²) in [5, 5.41) is 0. The topological polar surface area (TPSA) is 97.8 Å². The Morgan fingerprint density at radius 3 is 2.61 bits per heavy atom. The molecule has 7 heteroatoms. The predicted octanol–water partition coefficient (Wildman–Crippen LogP) is 5.24. The number of H-pyrrole nitrogens is 1. The molecule has 2 aromatic carbocycles. The molecule has 1 aliphatic rings. The van der Waals surface area contributed by atoms with Crippen molar-refractivity contribution in [2.45, 2.75) is 39.0 Å². The minimum atomic E-state index is -0.327. The third-order valence-electron chi connectivity index (χ3n) is 6.15. The van der Waals surface area contributed by atoms with Crippen molar-refractivity contribution in [1.29, 1.82) is 0 Å². The third kappa shape index (κ3) is 4.26. The number of nitrogens with one attached hydrogen (secondary N) is 1. The molecule has 5 rings (SSSR count). The predicted molar refractivity (Wildman–Crippen MR) is 123 cm³/mol. The second kappa shape index (κ2) is 8.24. The number of nitrogens with zero attached hydrogens (tertiary/aromatic N) is 3. The first-order chi connectivity index (χ1) is 15.9. The van der Waals surface area contributed by atoms with Crippen LogP contribution in [0.2, 0.25) is 0 Å². The molecular formula is C26H24N4O3. The standard InChI is InChI=1S/C26H24N4O3/c1-26(2)12-11-21(31)18(15-26)22-25(28-14-13-27-22)33-17-9-7-16(8-10-17)23(32)24-29-19-5-3-4-6-20(19)30-24/h3-10,13-14,18H,11-12,15H2,1-2H3,(H,29,30)/t18-/m1/s1. The van der Waals surface area contributed by atoms with Gasteiger partial charge in [-0.05, 0) is 54.7 Å². The maximum atomic E-state index is 12.8. The quantitative estimate of drug-likeness (QED) is 0.426. The van der Waals surface area contributed by atoms with Crippen LogP contribution in [-0.2, 0) is 4.79 Å². The molecule has 1 fully saturated rings. The summed E-state index contributed by atoms with van der Waals surface area (Å²) in [6.45, 7) is 4.34. The van der Waals surface area contributed by atoms with Gasteiger partial charge in [0, 0.05) is 24.4 Å². The van der Waals surface area contributed by atoms with Gasteiger partial charge in [0.25, 0.3) is 0 Å². The maximum Gasteiger partial charge on any atom is 0.241 e. The van der Waals surface area contributed by atoms with Crippen molar-refractivity contribution >= 4 is 22.6 Å². The van der Waals surface area contributed by atoms with Gasteiger partial charge in [-0.25, -0.2) is 9.97 Å². The molecule has 0 unspecified atom stereocenters. The molecule has 0 aliphatic heterocycles. The highest BCUT2D eigenvalue weighted by Crippen LogP contribution is 2.43. The molecule has 2 aromatic heterocycles. The number of para-hydroxylation sites is 2. The molecule has 0 spiro atoms. The smallest absolute Gasteiger partial charge is 0.241 e. The van der Waals surface area contributed by atoms with Gasteiger partial charge >= 0.3 is 0 Å². The minimum absolute atomic E-state index is 0.0615. The summed E-state index contributed by atoms with van der Waals surface area (Å²) in [6, 6.07) is 14.3. The van der Waals surface area contributed by atoms with Crippen LogP contribution in [0.4, 0.5) is 0 Å². The molecule has 4 aromatic rings. The summed E-state index contributed by atoms with van der Waals surface area (Å²) in [6.07, 6.45) is 5.26. The van der Waals surface area contributed by atoms with Crippen molar-refractivity contribution < 1.29 is 14.3 Å². The van der Waals surface area contributed by atoms with Gasteiger partial charge in [-0.3, -0.25) is 14.6 Å². The molecule has 33 heavy (non-hydrogen) atoms. The highest BCUT2D eigenvalue weighted by molar-refractivity contribution is 6.08. The second-order valence-electron chi connectivity index (χ2n) is 9.19. The normalized spacial score (nSPS) is 17.8. The average Bonchev–Trinajstić information content (AvgIpc) is 3.26. The van der Waals surface area contributed by atoms with E-state index in [9.17, 15) is 9.59 Å². The average molecular weight is 441 g/mol. The number of rotatable bonds is 5. The van der Waals surface area contributed by atoms with Gasteiger partial charge in [-0.2, -0.15) is 0 Å². The molecule has 166 valence electrons. The van der Waals surface area contributed by atoms with Crippen LogP contribution in [0.1, 0.15) is 60.9 Å². The molecule has 7 nitrogen and oxygen atoms in total. The molecule has 1 aliphatic carbocycles. The van der Waals surface area contributed by atoms with Crippen LogP contribution in [0.5, 0.6) is 11.6 Å². The van der Waals surface area contributed by atoms with E-state index in [1.807, 2.05) is 24.3 Å². The Bertz CT molecular complexity index is 1310. The molecule has 1 saturated carbocycles. The molecule has 1 N–H and O–H groups in total. The number of carbonyl (C=O) groups is 2. The fourth-order valence-electron chi connectivity index (χ4n) is 4.29. The number of aromatic amines is 1. The van der Waals surface area contributed by atoms with E-state index in [1.54, 1.807) is 36.7 Å². The van der Waals surface area contributed by atoms with Gasteiger partial charge in [0.05, 0.1) is 17.0 Å². The van der Waals surface area contributed by atoms with E-state index in [2.05, 4.69) is 33.8 Å². The fraction of sp³-hybridized carbons (Fsp3) is 0.269. The molecule has 0 radical (unpaired) electrons. The number of aromatic nitrogens is 4. The number of Topliss-reactive ketones (excluding diaryl/α,β-unsaturated/α-hetero) is 1. The van der Waals surface area contributed by atoms with Gasteiger partial charge in [-0.15, -0.1) is 0 Å². The summed E-state index contributed by atoms with van der Waals surface area (Å²) < 4.78 is 6.01. The number of fused-ring (bicyclic) bond motifs is 1. The molecule has 0 saturated heterocycles. The Kier molecular flexibility index (Phi) is 5.24. The number of benzene rings is 2. The van der Waals surface area contributed by atoms with Gasteiger partial charge in [-0.1, -0.05) is 26.0 Å². The zero-order valence-corrected chi connectivity index (χ0v) is 18.5. The van der Waals surface area contributed by atoms with E-state index in [0.29, 0.717) is 41.6 Å². The molecule has 2 heterocycles. The summed E-state index contributed by atoms with van der Waals surface area (Å²) in [7, 11) is 0. The number of imidazole rings is 1. The number of carbonyl (C=O) groups excluding carboxylic acids is 2. The van der Waals surface area contributed by atoms with Crippen molar-refractivity contribution in [3.05, 3.63) is 78.0 Å². The minimum Gasteiger partial charge on any atom is -0.437 e. The highest BCUT2D eigenvalue weighted by Gasteiger charge is 2.37. The summed E-state index contributed by atoms with van der Waals surface area (Å²) in [5.74, 6) is 0.774. The van der Waals surface area contributed by atoms with Crippen LogP contribution in [0.3, 0.4) is 0 Å². The van der Waals surface area contributed by atoms with Crippen molar-refractivity contribution in [3.63, 3.8) is 0 Å². The van der Waals surface area contributed by atoms with E-state index in [-0.39, 0.29) is 22.9 Å². The van der Waals surface area contributed by atoms with Crippen LogP contribution < -0.4 is 4.74 Å². The van der Waals surface area contributed by atoms with Crippen molar-refractivity contribution in [1.82, 2.24) is 19.9 Å². The van der Waals surface area contributed by atoms with Crippen molar-refractivity contribution in [3.8, 4) is 11.6 Å². The molecule has 0 amide bonds. The Hall–Kier alpha value is -3.87. The Labute approximate surface area is 191 Å². The van der Waals surface area contributed by atoms with Gasteiger partial charge in [0.2, 0.25) is 11.7 Å². The Balaban J connectivity index is 1.37. The molecule has 1 atom stereocenters. The van der Waals surface area contributed by atoms with E-state index >= 15 is 0 Å². The monoisotopic (exact) mass is 440 g/mol. The van der Waals surface area contributed by atoms with E-state index in [1.165, 1.54) is 0 Å². The first kappa shape index (κ1) is 21.0. The van der Waals surface area contributed by atoms with Crippen LogP contribution in [0, 0.1) is 5.41 Å². The van der Waals surface area contributed by atoms with Crippen LogP contribution in [0.15, 0.2) is 60.9 Å². The number of ether oxygens (including phenoxy) is 1. The lowest BCUT2D eigenvalue weighted by atomic mass is 9.70. The van der Waals surface area contributed by atoms with Gasteiger partial charge < -0.3 is 9.72 Å². The van der Waals surface area contributed by atoms with Crippen LogP contribution in [0.25, 0.3) is 11.0 Å². The Morgan fingerprint density at radius 1 is 1.06 bits per heavy atom. The summed E-state index contributed by atoms with van der Waals surface area (Å²) in [5.41, 5.74) is 2.68. The summed E-state index contributed by atoms with van der Waals surface area (Å²) in [4.78, 5) is 41.7. The van der Waals surface area contributed by atoms with Crippen molar-refractivity contribution in [2.24, 2.45) is 5.41 Å². The van der Waals surface area contributed by atoms with Crippen molar-refractivity contribution in [2.75, 3.05) is 0 Å². The molecular weight excluding hydrogens is 416 g/mol. The lowest BCUT2D eigenvalue weighted by molar-refractivity contribution is -0.124. The number of hydrogen-bond acceptors (Lipinski definition) is 6. The molecule has 0 bridgehead atoms. The van der Waals surface area contributed by atoms with E-state index < -0.39 is 0 Å². The van der Waals surface area contributed by atoms with Gasteiger partial charge in [0.15, 0.2) is 5.82 Å². The van der Waals surface area contributed by atoms with Crippen LogP contribution >= 0.6 is 0 Å². The van der Waals surface area contributed by atoms with Gasteiger partial charge in [0.1, 0.15) is 17.2 Å². The lowest BCUT2D eigenvalue weighted by Gasteiger charge is -2.34. The zero-order chi connectivity index (χ0) is 23.0. The number of ketones is 2. The number of hydrogen-bond donors (Lipinski definition) is 1. The first-order valence-electron chi connectivity index (χ1n) is 11.0. The largest absolute Gasteiger partial charge is 0.437 e. The highest BCUT2D eigenvalue weighted by atomic mass is 16.5. The SMILES string of the molecule is CC1(C)CCC(=O)[C@H](c2nccnc2Oc2ccc(C(=O)c3nc4ccccc4[nH]3)cc2)C1. The van der Waals surface area contributed by atoms with E-state index in [0.717, 1.165) is 17.5 Å².